The standard InChI is InChI=1S/C15H17N3O4S/c1-9-13(14(19)22-4)23-15(17-9)18-16-8-10-5-6-11(20-2)7-12(10)21-3/h5-8H,1-4H3,(H,17,18)/b16-8-. The first kappa shape index (κ1) is 16.8. The van der Waals surface area contributed by atoms with Gasteiger partial charge in [-0.15, -0.1) is 0 Å². The third-order valence-electron chi connectivity index (χ3n) is 2.97. The number of ether oxygens (including phenoxy) is 3. The molecule has 0 aliphatic carbocycles. The number of rotatable bonds is 6. The number of nitrogens with zero attached hydrogens (tertiary/aromatic N) is 2. The van der Waals surface area contributed by atoms with E-state index in [4.69, 9.17) is 14.2 Å². The first-order valence-corrected chi connectivity index (χ1v) is 7.47. The summed E-state index contributed by atoms with van der Waals surface area (Å²) in [5.74, 6) is 0.930. The monoisotopic (exact) mass is 335 g/mol. The summed E-state index contributed by atoms with van der Waals surface area (Å²) in [6.45, 7) is 1.74. The predicted molar refractivity (Wildman–Crippen MR) is 89.0 cm³/mol. The van der Waals surface area contributed by atoms with E-state index in [1.54, 1.807) is 33.4 Å². The molecule has 0 saturated heterocycles. The Morgan fingerprint density at radius 1 is 1.30 bits per heavy atom. The molecule has 0 bridgehead atoms. The molecule has 0 aliphatic rings. The lowest BCUT2D eigenvalue weighted by atomic mass is 10.2. The second-order valence-corrected chi connectivity index (χ2v) is 5.40. The topological polar surface area (TPSA) is 82.0 Å². The highest BCUT2D eigenvalue weighted by molar-refractivity contribution is 7.17. The molecule has 2 aromatic rings. The molecule has 0 spiro atoms. The van der Waals surface area contributed by atoms with E-state index in [-0.39, 0.29) is 0 Å². The number of anilines is 1. The van der Waals surface area contributed by atoms with Crippen molar-refractivity contribution in [3.8, 4) is 11.5 Å². The summed E-state index contributed by atoms with van der Waals surface area (Å²) >= 11 is 1.18. The molecule has 1 aromatic carbocycles. The fourth-order valence-electron chi connectivity index (χ4n) is 1.81. The minimum Gasteiger partial charge on any atom is -0.497 e. The van der Waals surface area contributed by atoms with E-state index in [1.807, 2.05) is 12.1 Å². The van der Waals surface area contributed by atoms with Gasteiger partial charge in [0.1, 0.15) is 16.4 Å². The molecule has 1 N–H and O–H groups in total. The number of hydrogen-bond acceptors (Lipinski definition) is 8. The van der Waals surface area contributed by atoms with Gasteiger partial charge in [0, 0.05) is 11.6 Å². The van der Waals surface area contributed by atoms with Gasteiger partial charge in [0.15, 0.2) is 0 Å². The Bertz CT molecular complexity index is 728. The Kier molecular flexibility index (Phi) is 5.53. The number of aryl methyl sites for hydroxylation is 1. The van der Waals surface area contributed by atoms with Crippen LogP contribution in [0.1, 0.15) is 20.9 Å². The number of esters is 1. The van der Waals surface area contributed by atoms with Crippen LogP contribution in [0.15, 0.2) is 23.3 Å². The van der Waals surface area contributed by atoms with Gasteiger partial charge >= 0.3 is 5.97 Å². The van der Waals surface area contributed by atoms with Crippen molar-refractivity contribution in [3.63, 3.8) is 0 Å². The molecule has 23 heavy (non-hydrogen) atoms. The number of nitrogens with one attached hydrogen (secondary N) is 1. The van der Waals surface area contributed by atoms with E-state index in [2.05, 4.69) is 15.5 Å². The summed E-state index contributed by atoms with van der Waals surface area (Å²) in [6.07, 6.45) is 1.60. The quantitative estimate of drug-likeness (QED) is 0.496. The van der Waals surface area contributed by atoms with Crippen LogP contribution in [0.4, 0.5) is 5.13 Å². The van der Waals surface area contributed by atoms with E-state index in [1.165, 1.54) is 18.4 Å². The Labute approximate surface area is 137 Å². The first-order valence-electron chi connectivity index (χ1n) is 6.66. The third kappa shape index (κ3) is 3.98. The fraction of sp³-hybridized carbons (Fsp3) is 0.267. The van der Waals surface area contributed by atoms with Crippen LogP contribution in [-0.4, -0.2) is 38.5 Å². The van der Waals surface area contributed by atoms with Crippen molar-refractivity contribution in [2.75, 3.05) is 26.8 Å². The van der Waals surface area contributed by atoms with E-state index >= 15 is 0 Å². The second-order valence-electron chi connectivity index (χ2n) is 4.40. The summed E-state index contributed by atoms with van der Waals surface area (Å²) in [5, 5.41) is 4.62. The minimum atomic E-state index is -0.408. The van der Waals surface area contributed by atoms with Gasteiger partial charge in [-0.1, -0.05) is 11.3 Å². The molecule has 0 saturated carbocycles. The van der Waals surface area contributed by atoms with Crippen LogP contribution in [0, 0.1) is 6.92 Å². The Morgan fingerprint density at radius 2 is 2.09 bits per heavy atom. The summed E-state index contributed by atoms with van der Waals surface area (Å²) in [5.41, 5.74) is 4.17. The van der Waals surface area contributed by atoms with Crippen molar-refractivity contribution < 1.29 is 19.0 Å². The van der Waals surface area contributed by atoms with Crippen LogP contribution in [0.3, 0.4) is 0 Å². The smallest absolute Gasteiger partial charge is 0.350 e. The highest BCUT2D eigenvalue weighted by Crippen LogP contribution is 2.24. The van der Waals surface area contributed by atoms with E-state index in [0.29, 0.717) is 27.2 Å². The van der Waals surface area contributed by atoms with Crippen molar-refractivity contribution >= 4 is 28.7 Å². The molecular weight excluding hydrogens is 318 g/mol. The molecule has 0 amide bonds. The average molecular weight is 335 g/mol. The maximum atomic E-state index is 11.5. The molecule has 0 unspecified atom stereocenters. The zero-order valence-corrected chi connectivity index (χ0v) is 14.1. The number of hydrogen-bond donors (Lipinski definition) is 1. The molecule has 1 aromatic heterocycles. The summed E-state index contributed by atoms with van der Waals surface area (Å²) in [4.78, 5) is 16.2. The molecular formula is C15H17N3O4S. The molecule has 0 fully saturated rings. The van der Waals surface area contributed by atoms with Gasteiger partial charge in [0.25, 0.3) is 0 Å². The van der Waals surface area contributed by atoms with E-state index in [0.717, 1.165) is 5.56 Å². The number of hydrazone groups is 1. The Balaban J connectivity index is 2.12. The maximum Gasteiger partial charge on any atom is 0.350 e. The van der Waals surface area contributed by atoms with Crippen LogP contribution in [0.25, 0.3) is 0 Å². The molecule has 8 heteroatoms. The van der Waals surface area contributed by atoms with Gasteiger partial charge in [-0.05, 0) is 19.1 Å². The SMILES string of the molecule is COC(=O)c1sc(N/N=C\c2ccc(OC)cc2OC)nc1C. The van der Waals surface area contributed by atoms with Gasteiger partial charge in [-0.3, -0.25) is 5.43 Å². The highest BCUT2D eigenvalue weighted by Gasteiger charge is 2.15. The lowest BCUT2D eigenvalue weighted by Gasteiger charge is -2.06. The number of carbonyl (C=O) groups excluding carboxylic acids is 1. The van der Waals surface area contributed by atoms with Crippen LogP contribution in [0.2, 0.25) is 0 Å². The Hall–Kier alpha value is -2.61. The minimum absolute atomic E-state index is 0.408. The third-order valence-corrected chi connectivity index (χ3v) is 4.01. The van der Waals surface area contributed by atoms with Crippen molar-refractivity contribution in [3.05, 3.63) is 34.3 Å². The molecule has 0 aliphatic heterocycles. The van der Waals surface area contributed by atoms with Crippen LogP contribution >= 0.6 is 11.3 Å². The lowest BCUT2D eigenvalue weighted by molar-refractivity contribution is 0.0605. The summed E-state index contributed by atoms with van der Waals surface area (Å²) in [7, 11) is 4.50. The van der Waals surface area contributed by atoms with Crippen molar-refractivity contribution in [1.29, 1.82) is 0 Å². The summed E-state index contributed by atoms with van der Waals surface area (Å²) in [6, 6.07) is 5.41. The van der Waals surface area contributed by atoms with Gasteiger partial charge in [-0.25, -0.2) is 9.78 Å². The van der Waals surface area contributed by atoms with Gasteiger partial charge in [-0.2, -0.15) is 5.10 Å². The first-order chi connectivity index (χ1) is 11.1. The number of thiazole rings is 1. The number of benzene rings is 1. The van der Waals surface area contributed by atoms with Gasteiger partial charge < -0.3 is 14.2 Å². The van der Waals surface area contributed by atoms with E-state index < -0.39 is 5.97 Å². The molecule has 1 heterocycles. The van der Waals surface area contributed by atoms with Crippen molar-refractivity contribution in [2.45, 2.75) is 6.92 Å². The zero-order chi connectivity index (χ0) is 16.8. The fourth-order valence-corrected chi connectivity index (χ4v) is 2.64. The summed E-state index contributed by atoms with van der Waals surface area (Å²) < 4.78 is 15.1. The molecule has 0 radical (unpaired) electrons. The molecule has 0 atom stereocenters. The van der Waals surface area contributed by atoms with Crippen LogP contribution in [-0.2, 0) is 4.74 Å². The number of methoxy groups -OCH3 is 3. The largest absolute Gasteiger partial charge is 0.497 e. The van der Waals surface area contributed by atoms with Crippen molar-refractivity contribution in [2.24, 2.45) is 5.10 Å². The predicted octanol–water partition coefficient (Wildman–Crippen LogP) is 2.70. The average Bonchev–Trinajstić information content (AvgIpc) is 2.95. The molecule has 122 valence electrons. The highest BCUT2D eigenvalue weighted by atomic mass is 32.1. The van der Waals surface area contributed by atoms with Gasteiger partial charge in [0.05, 0.1) is 33.2 Å². The molecule has 7 nitrogen and oxygen atoms in total. The van der Waals surface area contributed by atoms with Gasteiger partial charge in [0.2, 0.25) is 5.13 Å². The molecule has 2 rings (SSSR count). The number of aromatic nitrogens is 1. The number of carbonyl (C=O) groups is 1. The maximum absolute atomic E-state index is 11.5. The lowest BCUT2D eigenvalue weighted by Crippen LogP contribution is -1.99. The zero-order valence-electron chi connectivity index (χ0n) is 13.2. The van der Waals surface area contributed by atoms with Crippen LogP contribution < -0.4 is 14.9 Å². The van der Waals surface area contributed by atoms with Crippen LogP contribution in [0.5, 0.6) is 11.5 Å². The van der Waals surface area contributed by atoms with Crippen molar-refractivity contribution in [1.82, 2.24) is 4.98 Å². The van der Waals surface area contributed by atoms with E-state index in [9.17, 15) is 4.79 Å². The normalized spacial score (nSPS) is 10.6. The second kappa shape index (κ2) is 7.59. The Morgan fingerprint density at radius 3 is 2.74 bits per heavy atom.